The molecule has 1 atom stereocenters. The summed E-state index contributed by atoms with van der Waals surface area (Å²) in [5, 5.41) is 11.8. The fraction of sp³-hybridized carbons (Fsp3) is 0.273. The Labute approximate surface area is 188 Å². The first-order valence-electron chi connectivity index (χ1n) is 9.98. The number of hydrogen-bond donors (Lipinski definition) is 2. The van der Waals surface area contributed by atoms with Crippen molar-refractivity contribution in [1.82, 2.24) is 19.8 Å². The van der Waals surface area contributed by atoms with Gasteiger partial charge in [-0.3, -0.25) is 19.6 Å². The molecule has 166 valence electrons. The number of nitrogens with zero attached hydrogens (tertiary/aromatic N) is 4. The molecule has 2 heterocycles. The van der Waals surface area contributed by atoms with Gasteiger partial charge in [-0.05, 0) is 45.0 Å². The van der Waals surface area contributed by atoms with Gasteiger partial charge in [-0.2, -0.15) is 0 Å². The van der Waals surface area contributed by atoms with E-state index >= 15 is 4.39 Å². The summed E-state index contributed by atoms with van der Waals surface area (Å²) >= 11 is 6.15. The van der Waals surface area contributed by atoms with Gasteiger partial charge in [-0.1, -0.05) is 23.7 Å². The van der Waals surface area contributed by atoms with E-state index < -0.39 is 17.4 Å². The number of guanidine groups is 1. The minimum atomic E-state index is -1.36. The van der Waals surface area contributed by atoms with Gasteiger partial charge in [0.25, 0.3) is 0 Å². The zero-order valence-corrected chi connectivity index (χ0v) is 18.4. The van der Waals surface area contributed by atoms with Crippen LogP contribution in [0, 0.1) is 12.7 Å². The lowest BCUT2D eigenvalue weighted by Crippen LogP contribution is -2.52. The fourth-order valence-electron chi connectivity index (χ4n) is 4.10. The van der Waals surface area contributed by atoms with Crippen molar-refractivity contribution in [2.24, 2.45) is 4.99 Å². The Morgan fingerprint density at radius 2 is 2.09 bits per heavy atom. The van der Waals surface area contributed by atoms with Crippen molar-refractivity contribution in [3.63, 3.8) is 0 Å². The first-order chi connectivity index (χ1) is 15.1. The van der Waals surface area contributed by atoms with Gasteiger partial charge in [-0.25, -0.2) is 19.2 Å². The highest BCUT2D eigenvalue weighted by Crippen LogP contribution is 2.37. The van der Waals surface area contributed by atoms with Gasteiger partial charge in [0.1, 0.15) is 5.82 Å². The Kier molecular flexibility index (Phi) is 5.37. The van der Waals surface area contributed by atoms with Crippen molar-refractivity contribution >= 4 is 40.6 Å². The average Bonchev–Trinajstić information content (AvgIpc) is 3.02. The molecular weight excluding hydrogens is 437 g/mol. The molecule has 0 aliphatic carbocycles. The third-order valence-electron chi connectivity index (χ3n) is 5.52. The number of carbonyl (C=O) groups is 2. The lowest BCUT2D eigenvalue weighted by molar-refractivity contribution is -0.129. The summed E-state index contributed by atoms with van der Waals surface area (Å²) < 4.78 is 17.6. The van der Waals surface area contributed by atoms with Crippen LogP contribution in [-0.2, 0) is 10.3 Å². The number of imidazole rings is 1. The van der Waals surface area contributed by atoms with Crippen LogP contribution in [0.25, 0.3) is 16.7 Å². The minimum absolute atomic E-state index is 0.110. The lowest BCUT2D eigenvalue weighted by Gasteiger charge is -2.36. The van der Waals surface area contributed by atoms with Gasteiger partial charge in [0.2, 0.25) is 11.9 Å². The van der Waals surface area contributed by atoms with Gasteiger partial charge in [0.05, 0.1) is 28.7 Å². The highest BCUT2D eigenvalue weighted by Gasteiger charge is 2.40. The van der Waals surface area contributed by atoms with Gasteiger partial charge >= 0.3 is 6.09 Å². The molecule has 1 aliphatic rings. The topological polar surface area (TPSA) is 99.8 Å². The Balaban J connectivity index is 1.90. The summed E-state index contributed by atoms with van der Waals surface area (Å²) in [6.45, 7) is 5.31. The SMILES string of the molecule is CCN1C(=O)C[C@@](C)(c2cccc(-n3c(C)nc4ccc(Cl)cc43)c2F)N=C1NC(=O)O. The average molecular weight is 458 g/mol. The van der Waals surface area contributed by atoms with Crippen LogP contribution in [0.2, 0.25) is 5.02 Å². The molecule has 2 aromatic carbocycles. The molecule has 2 amide bonds. The number of hydrogen-bond acceptors (Lipinski definition) is 4. The number of carboxylic acid groups (broad SMARTS) is 1. The molecular formula is C22H21ClFN5O3. The van der Waals surface area contributed by atoms with E-state index in [0.29, 0.717) is 21.9 Å². The molecule has 0 bridgehead atoms. The monoisotopic (exact) mass is 457 g/mol. The zero-order chi connectivity index (χ0) is 23.2. The Morgan fingerprint density at radius 1 is 1.34 bits per heavy atom. The zero-order valence-electron chi connectivity index (χ0n) is 17.7. The van der Waals surface area contributed by atoms with Crippen LogP contribution >= 0.6 is 11.6 Å². The normalized spacial score (nSPS) is 18.7. The molecule has 4 rings (SSSR count). The Hall–Kier alpha value is -3.46. The third kappa shape index (κ3) is 3.58. The molecule has 2 N–H and O–H groups in total. The van der Waals surface area contributed by atoms with E-state index in [4.69, 9.17) is 16.7 Å². The van der Waals surface area contributed by atoms with Crippen molar-refractivity contribution in [2.75, 3.05) is 6.54 Å². The van der Waals surface area contributed by atoms with E-state index in [0.717, 1.165) is 0 Å². The molecule has 10 heteroatoms. The van der Waals surface area contributed by atoms with Crippen LogP contribution < -0.4 is 5.32 Å². The molecule has 0 saturated heterocycles. The van der Waals surface area contributed by atoms with E-state index in [1.54, 1.807) is 61.7 Å². The maximum Gasteiger partial charge on any atom is 0.411 e. The molecule has 0 fully saturated rings. The van der Waals surface area contributed by atoms with E-state index in [1.807, 2.05) is 0 Å². The number of carbonyl (C=O) groups excluding carboxylic acids is 1. The molecule has 0 saturated carbocycles. The number of aromatic nitrogens is 2. The fourth-order valence-corrected chi connectivity index (χ4v) is 4.26. The van der Waals surface area contributed by atoms with E-state index in [9.17, 15) is 9.59 Å². The van der Waals surface area contributed by atoms with Gasteiger partial charge in [-0.15, -0.1) is 0 Å². The number of aliphatic imine (C=N–C) groups is 1. The number of rotatable bonds is 3. The second kappa shape index (κ2) is 7.90. The van der Waals surface area contributed by atoms with Crippen LogP contribution in [0.1, 0.15) is 31.7 Å². The predicted octanol–water partition coefficient (Wildman–Crippen LogP) is 4.22. The van der Waals surface area contributed by atoms with Gasteiger partial charge < -0.3 is 5.11 Å². The van der Waals surface area contributed by atoms with Crippen molar-refractivity contribution in [3.8, 4) is 5.69 Å². The minimum Gasteiger partial charge on any atom is -0.465 e. The number of nitrogens with one attached hydrogen (secondary N) is 1. The number of amides is 2. The Bertz CT molecular complexity index is 1290. The van der Waals surface area contributed by atoms with Gasteiger partial charge in [0.15, 0.2) is 5.82 Å². The molecule has 0 spiro atoms. The number of benzene rings is 2. The summed E-state index contributed by atoms with van der Waals surface area (Å²) in [4.78, 5) is 34.1. The number of aryl methyl sites for hydroxylation is 1. The second-order valence-electron chi connectivity index (χ2n) is 7.72. The van der Waals surface area contributed by atoms with Crippen molar-refractivity contribution in [1.29, 1.82) is 0 Å². The van der Waals surface area contributed by atoms with E-state index in [-0.39, 0.29) is 36.1 Å². The smallest absolute Gasteiger partial charge is 0.411 e. The number of fused-ring (bicyclic) bond motifs is 1. The maximum atomic E-state index is 16.0. The third-order valence-corrected chi connectivity index (χ3v) is 5.76. The van der Waals surface area contributed by atoms with Crippen molar-refractivity contribution < 1.29 is 19.1 Å². The second-order valence-corrected chi connectivity index (χ2v) is 8.16. The molecule has 1 aliphatic heterocycles. The summed E-state index contributed by atoms with van der Waals surface area (Å²) in [6, 6.07) is 10.0. The predicted molar refractivity (Wildman–Crippen MR) is 119 cm³/mol. The first kappa shape index (κ1) is 21.8. The van der Waals surface area contributed by atoms with Crippen LogP contribution in [0.3, 0.4) is 0 Å². The van der Waals surface area contributed by atoms with Crippen LogP contribution in [0.5, 0.6) is 0 Å². The summed E-state index contributed by atoms with van der Waals surface area (Å²) in [5.41, 5.74) is 0.416. The lowest BCUT2D eigenvalue weighted by atomic mass is 9.86. The van der Waals surface area contributed by atoms with Crippen LogP contribution in [0.15, 0.2) is 41.4 Å². The first-order valence-corrected chi connectivity index (χ1v) is 10.4. The summed E-state index contributed by atoms with van der Waals surface area (Å²) in [6.07, 6.45) is -1.47. The molecule has 1 aromatic heterocycles. The van der Waals surface area contributed by atoms with Crippen molar-refractivity contribution in [2.45, 2.75) is 32.7 Å². The van der Waals surface area contributed by atoms with Gasteiger partial charge in [0, 0.05) is 17.1 Å². The highest BCUT2D eigenvalue weighted by atomic mass is 35.5. The molecule has 3 aromatic rings. The van der Waals surface area contributed by atoms with Crippen molar-refractivity contribution in [3.05, 3.63) is 58.6 Å². The van der Waals surface area contributed by atoms with Crippen LogP contribution in [0.4, 0.5) is 9.18 Å². The summed E-state index contributed by atoms with van der Waals surface area (Å²) in [7, 11) is 0. The molecule has 8 nitrogen and oxygen atoms in total. The van der Waals surface area contributed by atoms with E-state index in [1.165, 1.54) is 4.90 Å². The van der Waals surface area contributed by atoms with Crippen LogP contribution in [-0.4, -0.2) is 44.1 Å². The quantitative estimate of drug-likeness (QED) is 0.615. The molecule has 0 unspecified atom stereocenters. The molecule has 0 radical (unpaired) electrons. The standard InChI is InChI=1S/C22H21ClFN5O3/c1-4-28-18(30)11-22(3,27-20(28)26-21(31)32)14-6-5-7-16(19(14)24)29-12(2)25-15-9-8-13(23)10-17(15)29/h5-10H,4,11H2,1-3H3,(H,26,27)(H,31,32)/t22-/m0/s1. The Morgan fingerprint density at radius 3 is 2.78 bits per heavy atom. The number of halogens is 2. The molecule has 32 heavy (non-hydrogen) atoms. The maximum absolute atomic E-state index is 16.0. The largest absolute Gasteiger partial charge is 0.465 e. The summed E-state index contributed by atoms with van der Waals surface area (Å²) in [5.74, 6) is -0.486. The van der Waals surface area contributed by atoms with E-state index in [2.05, 4.69) is 15.3 Å². The highest BCUT2D eigenvalue weighted by molar-refractivity contribution is 6.31.